The largest absolute Gasteiger partial charge is 0.321 e. The Kier molecular flexibility index (Phi) is 3.17. The van der Waals surface area contributed by atoms with Crippen molar-refractivity contribution in [3.8, 4) is 0 Å². The van der Waals surface area contributed by atoms with E-state index in [-0.39, 0.29) is 5.91 Å². The molecule has 0 fully saturated rings. The Bertz CT molecular complexity index is 758. The van der Waals surface area contributed by atoms with Gasteiger partial charge in [-0.25, -0.2) is 0 Å². The Balaban J connectivity index is 1.93. The van der Waals surface area contributed by atoms with Gasteiger partial charge in [0.2, 0.25) is 0 Å². The van der Waals surface area contributed by atoms with E-state index in [9.17, 15) is 4.79 Å². The highest BCUT2D eigenvalue weighted by molar-refractivity contribution is 6.09. The zero-order chi connectivity index (χ0) is 13.9. The number of carbonyl (C=O) groups excluding carboxylic acids is 1. The van der Waals surface area contributed by atoms with Gasteiger partial charge < -0.3 is 5.32 Å². The van der Waals surface area contributed by atoms with E-state index in [1.165, 1.54) is 0 Å². The topological polar surface area (TPSA) is 42.0 Å². The second-order valence-electron chi connectivity index (χ2n) is 4.72. The summed E-state index contributed by atoms with van der Waals surface area (Å²) in [7, 11) is 0. The number of benzene rings is 2. The minimum absolute atomic E-state index is 0.102. The standard InChI is InChI=1S/C17H14N2O/c1-12-5-7-13(8-6-12)17(20)19-16-4-2-3-14-11-18-10-9-15(14)16/h2-11H,1H3,(H,19,20). The fourth-order valence-electron chi connectivity index (χ4n) is 2.13. The molecule has 3 aromatic rings. The number of hydrogen-bond donors (Lipinski definition) is 1. The second kappa shape index (κ2) is 5.13. The summed E-state index contributed by atoms with van der Waals surface area (Å²) < 4.78 is 0. The third-order valence-electron chi connectivity index (χ3n) is 3.24. The summed E-state index contributed by atoms with van der Waals surface area (Å²) in [6.07, 6.45) is 3.51. The number of rotatable bonds is 2. The van der Waals surface area contributed by atoms with Crippen LogP contribution < -0.4 is 5.32 Å². The lowest BCUT2D eigenvalue weighted by Gasteiger charge is -2.08. The van der Waals surface area contributed by atoms with Gasteiger partial charge in [-0.05, 0) is 31.2 Å². The van der Waals surface area contributed by atoms with Gasteiger partial charge in [-0.1, -0.05) is 29.8 Å². The third-order valence-corrected chi connectivity index (χ3v) is 3.24. The molecule has 20 heavy (non-hydrogen) atoms. The van der Waals surface area contributed by atoms with Crippen LogP contribution in [0, 0.1) is 6.92 Å². The van der Waals surface area contributed by atoms with Gasteiger partial charge in [0.25, 0.3) is 5.91 Å². The van der Waals surface area contributed by atoms with Gasteiger partial charge in [0.15, 0.2) is 0 Å². The number of nitrogens with zero attached hydrogens (tertiary/aromatic N) is 1. The van der Waals surface area contributed by atoms with Gasteiger partial charge in [0, 0.05) is 34.4 Å². The number of pyridine rings is 1. The summed E-state index contributed by atoms with van der Waals surface area (Å²) in [4.78, 5) is 16.3. The molecule has 0 saturated heterocycles. The number of aryl methyl sites for hydroxylation is 1. The summed E-state index contributed by atoms with van der Waals surface area (Å²) in [5, 5.41) is 4.95. The van der Waals surface area contributed by atoms with Crippen molar-refractivity contribution in [1.29, 1.82) is 0 Å². The van der Waals surface area contributed by atoms with E-state index >= 15 is 0 Å². The van der Waals surface area contributed by atoms with Crippen molar-refractivity contribution in [2.45, 2.75) is 6.92 Å². The highest BCUT2D eigenvalue weighted by Gasteiger charge is 2.07. The van der Waals surface area contributed by atoms with Crippen LogP contribution >= 0.6 is 0 Å². The molecule has 0 bridgehead atoms. The SMILES string of the molecule is Cc1ccc(C(=O)Nc2cccc3cnccc23)cc1. The summed E-state index contributed by atoms with van der Waals surface area (Å²) in [5.74, 6) is -0.102. The molecule has 2 aromatic carbocycles. The molecule has 1 aromatic heterocycles. The normalized spacial score (nSPS) is 10.4. The highest BCUT2D eigenvalue weighted by Crippen LogP contribution is 2.22. The van der Waals surface area contributed by atoms with E-state index in [0.29, 0.717) is 5.56 Å². The average molecular weight is 262 g/mol. The molecular weight excluding hydrogens is 248 g/mol. The maximum atomic E-state index is 12.2. The number of nitrogens with one attached hydrogen (secondary N) is 1. The van der Waals surface area contributed by atoms with Crippen LogP contribution in [0.2, 0.25) is 0 Å². The molecule has 0 unspecified atom stereocenters. The van der Waals surface area contributed by atoms with Crippen molar-refractivity contribution >= 4 is 22.4 Å². The number of anilines is 1. The lowest BCUT2D eigenvalue weighted by atomic mass is 10.1. The number of amides is 1. The van der Waals surface area contributed by atoms with Gasteiger partial charge >= 0.3 is 0 Å². The molecular formula is C17H14N2O. The molecule has 3 nitrogen and oxygen atoms in total. The van der Waals surface area contributed by atoms with Crippen molar-refractivity contribution in [2.75, 3.05) is 5.32 Å². The molecule has 1 N–H and O–H groups in total. The Labute approximate surface area is 117 Å². The zero-order valence-electron chi connectivity index (χ0n) is 11.1. The Hall–Kier alpha value is -2.68. The lowest BCUT2D eigenvalue weighted by molar-refractivity contribution is 0.102. The zero-order valence-corrected chi connectivity index (χ0v) is 11.1. The van der Waals surface area contributed by atoms with Gasteiger partial charge in [0.1, 0.15) is 0 Å². The molecule has 1 heterocycles. The predicted octanol–water partition coefficient (Wildman–Crippen LogP) is 3.80. The van der Waals surface area contributed by atoms with E-state index < -0.39 is 0 Å². The van der Waals surface area contributed by atoms with Crippen LogP contribution in [0.1, 0.15) is 15.9 Å². The average Bonchev–Trinajstić information content (AvgIpc) is 2.48. The third kappa shape index (κ3) is 2.38. The van der Waals surface area contributed by atoms with Gasteiger partial charge in [-0.15, -0.1) is 0 Å². The fourth-order valence-corrected chi connectivity index (χ4v) is 2.13. The minimum Gasteiger partial charge on any atom is -0.321 e. The molecule has 3 rings (SSSR count). The first kappa shape index (κ1) is 12.4. The second-order valence-corrected chi connectivity index (χ2v) is 4.72. The van der Waals surface area contributed by atoms with Crippen molar-refractivity contribution < 1.29 is 4.79 Å². The molecule has 0 atom stereocenters. The van der Waals surface area contributed by atoms with Crippen LogP contribution in [0.5, 0.6) is 0 Å². The maximum Gasteiger partial charge on any atom is 0.255 e. The molecule has 98 valence electrons. The van der Waals surface area contributed by atoms with Crippen molar-refractivity contribution in [3.63, 3.8) is 0 Å². The number of aromatic nitrogens is 1. The minimum atomic E-state index is -0.102. The molecule has 3 heteroatoms. The van der Waals surface area contributed by atoms with Crippen LogP contribution in [0.15, 0.2) is 60.9 Å². The first-order chi connectivity index (χ1) is 9.74. The Morgan fingerprint density at radius 2 is 1.85 bits per heavy atom. The van der Waals surface area contributed by atoms with Crippen LogP contribution in [0.3, 0.4) is 0 Å². The molecule has 0 spiro atoms. The number of carbonyl (C=O) groups is 1. The van der Waals surface area contributed by atoms with Crippen LogP contribution in [-0.2, 0) is 0 Å². The summed E-state index contributed by atoms with van der Waals surface area (Å²) >= 11 is 0. The molecule has 0 aliphatic carbocycles. The molecule has 1 amide bonds. The van der Waals surface area contributed by atoms with E-state index in [2.05, 4.69) is 10.3 Å². The lowest BCUT2D eigenvalue weighted by Crippen LogP contribution is -2.12. The molecule has 0 radical (unpaired) electrons. The number of hydrogen-bond acceptors (Lipinski definition) is 2. The number of fused-ring (bicyclic) bond motifs is 1. The van der Waals surface area contributed by atoms with Gasteiger partial charge in [-0.2, -0.15) is 0 Å². The van der Waals surface area contributed by atoms with E-state index in [1.807, 2.05) is 55.5 Å². The predicted molar refractivity (Wildman–Crippen MR) is 80.9 cm³/mol. The van der Waals surface area contributed by atoms with Crippen molar-refractivity contribution in [2.24, 2.45) is 0 Å². The van der Waals surface area contributed by atoms with Crippen molar-refractivity contribution in [3.05, 3.63) is 72.1 Å². The maximum absolute atomic E-state index is 12.2. The van der Waals surface area contributed by atoms with Gasteiger partial charge in [-0.3, -0.25) is 9.78 Å². The van der Waals surface area contributed by atoms with E-state index in [1.54, 1.807) is 12.4 Å². The Morgan fingerprint density at radius 1 is 1.05 bits per heavy atom. The Morgan fingerprint density at radius 3 is 2.65 bits per heavy atom. The quantitative estimate of drug-likeness (QED) is 0.763. The fraction of sp³-hybridized carbons (Fsp3) is 0.0588. The highest BCUT2D eigenvalue weighted by atomic mass is 16.1. The summed E-state index contributed by atoms with van der Waals surface area (Å²) in [5.41, 5.74) is 2.59. The van der Waals surface area contributed by atoms with Crippen LogP contribution in [0.4, 0.5) is 5.69 Å². The first-order valence-electron chi connectivity index (χ1n) is 6.45. The smallest absolute Gasteiger partial charge is 0.255 e. The molecule has 0 aliphatic rings. The molecule has 0 aliphatic heterocycles. The van der Waals surface area contributed by atoms with Crippen LogP contribution in [0.25, 0.3) is 10.8 Å². The van der Waals surface area contributed by atoms with Gasteiger partial charge in [0.05, 0.1) is 0 Å². The van der Waals surface area contributed by atoms with E-state index in [4.69, 9.17) is 0 Å². The van der Waals surface area contributed by atoms with Crippen molar-refractivity contribution in [1.82, 2.24) is 4.98 Å². The summed E-state index contributed by atoms with van der Waals surface area (Å²) in [6, 6.07) is 15.2. The summed E-state index contributed by atoms with van der Waals surface area (Å²) in [6.45, 7) is 2.00. The molecule has 0 saturated carbocycles. The monoisotopic (exact) mass is 262 g/mol. The first-order valence-corrected chi connectivity index (χ1v) is 6.45. The van der Waals surface area contributed by atoms with E-state index in [0.717, 1.165) is 22.0 Å². The van der Waals surface area contributed by atoms with Crippen LogP contribution in [-0.4, -0.2) is 10.9 Å².